The third kappa shape index (κ3) is 5.61. The number of guanidine groups is 1. The van der Waals surface area contributed by atoms with Gasteiger partial charge in [0.05, 0.1) is 12.8 Å². The zero-order valence-corrected chi connectivity index (χ0v) is 17.7. The second-order valence-corrected chi connectivity index (χ2v) is 7.49. The van der Waals surface area contributed by atoms with Gasteiger partial charge in [-0.05, 0) is 44.2 Å². The first kappa shape index (κ1) is 20.6. The fourth-order valence-corrected chi connectivity index (χ4v) is 3.86. The van der Waals surface area contributed by atoms with Crippen LogP contribution in [0.5, 0.6) is 0 Å². The van der Waals surface area contributed by atoms with Crippen LogP contribution in [0.2, 0.25) is 0 Å². The number of halogens is 1. The first-order valence-electron chi connectivity index (χ1n) is 9.41. The Morgan fingerprint density at radius 1 is 1.36 bits per heavy atom. The standard InChI is InChI=1S/C19H31N3O2.HI/c1-3-20-18(21-13-19(2,23)17-10-7-11-24-17)22-16-12-15(16)14-8-5-4-6-9-14;/h7,10-11,14-16,23H,3-6,8-9,12-13H2,1-2H3,(H2,20,21,22);1H. The molecule has 2 fully saturated rings. The van der Waals surface area contributed by atoms with E-state index in [2.05, 4.69) is 22.5 Å². The van der Waals surface area contributed by atoms with E-state index in [-0.39, 0.29) is 30.5 Å². The summed E-state index contributed by atoms with van der Waals surface area (Å²) >= 11 is 0. The molecule has 25 heavy (non-hydrogen) atoms. The third-order valence-corrected chi connectivity index (χ3v) is 5.36. The van der Waals surface area contributed by atoms with Gasteiger partial charge in [0.25, 0.3) is 0 Å². The first-order chi connectivity index (χ1) is 11.6. The van der Waals surface area contributed by atoms with E-state index < -0.39 is 5.60 Å². The first-order valence-corrected chi connectivity index (χ1v) is 9.41. The summed E-state index contributed by atoms with van der Waals surface area (Å²) in [5.74, 6) is 3.05. The van der Waals surface area contributed by atoms with Crippen LogP contribution in [0.25, 0.3) is 0 Å². The van der Waals surface area contributed by atoms with E-state index in [1.807, 2.05) is 0 Å². The van der Waals surface area contributed by atoms with Crippen molar-refractivity contribution in [2.75, 3.05) is 13.1 Å². The zero-order valence-electron chi connectivity index (χ0n) is 15.3. The molecule has 142 valence electrons. The predicted molar refractivity (Wildman–Crippen MR) is 111 cm³/mol. The van der Waals surface area contributed by atoms with Crippen LogP contribution in [0.3, 0.4) is 0 Å². The quantitative estimate of drug-likeness (QED) is 0.344. The van der Waals surface area contributed by atoms with Gasteiger partial charge in [-0.1, -0.05) is 32.1 Å². The lowest BCUT2D eigenvalue weighted by molar-refractivity contribution is 0.0437. The minimum Gasteiger partial charge on any atom is -0.466 e. The van der Waals surface area contributed by atoms with Crippen molar-refractivity contribution in [2.24, 2.45) is 16.8 Å². The zero-order chi connectivity index (χ0) is 17.0. The Morgan fingerprint density at radius 2 is 2.12 bits per heavy atom. The number of furan rings is 1. The molecular weight excluding hydrogens is 429 g/mol. The molecule has 0 bridgehead atoms. The number of aliphatic imine (C=N–C) groups is 1. The number of hydrogen-bond donors (Lipinski definition) is 3. The second kappa shape index (κ2) is 9.26. The van der Waals surface area contributed by atoms with Crippen LogP contribution in [0.1, 0.15) is 58.1 Å². The summed E-state index contributed by atoms with van der Waals surface area (Å²) in [6.45, 7) is 4.89. The van der Waals surface area contributed by atoms with E-state index in [1.54, 1.807) is 25.3 Å². The minimum atomic E-state index is -1.09. The Bertz CT molecular complexity index is 539. The fraction of sp³-hybridized carbons (Fsp3) is 0.737. The summed E-state index contributed by atoms with van der Waals surface area (Å²) in [5.41, 5.74) is -1.09. The Kier molecular flexibility index (Phi) is 7.61. The van der Waals surface area contributed by atoms with E-state index in [0.29, 0.717) is 11.8 Å². The summed E-state index contributed by atoms with van der Waals surface area (Å²) in [6.07, 6.45) is 9.82. The largest absolute Gasteiger partial charge is 0.466 e. The maximum absolute atomic E-state index is 10.5. The number of nitrogens with one attached hydrogen (secondary N) is 2. The molecule has 2 saturated carbocycles. The molecule has 1 aromatic heterocycles. The fourth-order valence-electron chi connectivity index (χ4n) is 3.86. The van der Waals surface area contributed by atoms with Crippen molar-refractivity contribution in [3.63, 3.8) is 0 Å². The topological polar surface area (TPSA) is 69.8 Å². The molecule has 3 unspecified atom stereocenters. The van der Waals surface area contributed by atoms with Gasteiger partial charge in [-0.15, -0.1) is 24.0 Å². The van der Waals surface area contributed by atoms with Gasteiger partial charge in [0, 0.05) is 12.6 Å². The van der Waals surface area contributed by atoms with Crippen LogP contribution in [-0.2, 0) is 5.60 Å². The highest BCUT2D eigenvalue weighted by Gasteiger charge is 2.43. The van der Waals surface area contributed by atoms with Gasteiger partial charge in [-0.25, -0.2) is 4.99 Å². The van der Waals surface area contributed by atoms with Gasteiger partial charge in [-0.3, -0.25) is 0 Å². The molecule has 1 aromatic rings. The molecule has 3 atom stereocenters. The van der Waals surface area contributed by atoms with Crippen molar-refractivity contribution in [3.8, 4) is 0 Å². The Hall–Kier alpha value is -0.760. The highest BCUT2D eigenvalue weighted by atomic mass is 127. The van der Waals surface area contributed by atoms with E-state index in [1.165, 1.54) is 38.5 Å². The molecule has 1 heterocycles. The van der Waals surface area contributed by atoms with Gasteiger partial charge >= 0.3 is 0 Å². The third-order valence-electron chi connectivity index (χ3n) is 5.36. The van der Waals surface area contributed by atoms with Crippen LogP contribution >= 0.6 is 24.0 Å². The van der Waals surface area contributed by atoms with E-state index in [9.17, 15) is 5.11 Å². The van der Waals surface area contributed by atoms with Gasteiger partial charge < -0.3 is 20.2 Å². The summed E-state index contributed by atoms with van der Waals surface area (Å²) in [6, 6.07) is 4.12. The summed E-state index contributed by atoms with van der Waals surface area (Å²) in [5, 5.41) is 17.4. The number of aliphatic hydroxyl groups is 1. The van der Waals surface area contributed by atoms with Gasteiger partial charge in [0.1, 0.15) is 11.4 Å². The van der Waals surface area contributed by atoms with Crippen LogP contribution in [0, 0.1) is 11.8 Å². The Balaban J connectivity index is 0.00000225. The van der Waals surface area contributed by atoms with Crippen molar-refractivity contribution >= 4 is 29.9 Å². The highest BCUT2D eigenvalue weighted by molar-refractivity contribution is 14.0. The molecule has 3 rings (SSSR count). The van der Waals surface area contributed by atoms with Crippen molar-refractivity contribution < 1.29 is 9.52 Å². The molecule has 0 amide bonds. The lowest BCUT2D eigenvalue weighted by Crippen LogP contribution is -2.40. The number of hydrogen-bond acceptors (Lipinski definition) is 3. The molecule has 0 aliphatic heterocycles. The average Bonchev–Trinajstić information content (AvgIpc) is 3.11. The molecular formula is C19H32IN3O2. The van der Waals surface area contributed by atoms with Crippen molar-refractivity contribution in [1.29, 1.82) is 0 Å². The summed E-state index contributed by atoms with van der Waals surface area (Å²) in [4.78, 5) is 4.59. The lowest BCUT2D eigenvalue weighted by atomic mass is 9.85. The Labute approximate surface area is 168 Å². The number of rotatable bonds is 6. The van der Waals surface area contributed by atoms with Crippen LogP contribution < -0.4 is 10.6 Å². The second-order valence-electron chi connectivity index (χ2n) is 7.49. The van der Waals surface area contributed by atoms with E-state index in [4.69, 9.17) is 4.42 Å². The number of nitrogens with zero attached hydrogens (tertiary/aromatic N) is 1. The predicted octanol–water partition coefficient (Wildman–Crippen LogP) is 3.63. The molecule has 6 heteroatoms. The van der Waals surface area contributed by atoms with Crippen molar-refractivity contribution in [1.82, 2.24) is 10.6 Å². The van der Waals surface area contributed by atoms with Crippen molar-refractivity contribution in [3.05, 3.63) is 24.2 Å². The molecule has 0 spiro atoms. The van der Waals surface area contributed by atoms with Gasteiger partial charge in [0.2, 0.25) is 0 Å². The molecule has 0 saturated heterocycles. The lowest BCUT2D eigenvalue weighted by Gasteiger charge is -2.22. The monoisotopic (exact) mass is 461 g/mol. The van der Waals surface area contributed by atoms with Gasteiger partial charge in [-0.2, -0.15) is 0 Å². The highest BCUT2D eigenvalue weighted by Crippen LogP contribution is 2.44. The molecule has 3 N–H and O–H groups in total. The minimum absolute atomic E-state index is 0. The SMILES string of the molecule is CCNC(=NCC(C)(O)c1ccco1)NC1CC1C1CCCCC1.I. The molecule has 5 nitrogen and oxygen atoms in total. The van der Waals surface area contributed by atoms with E-state index in [0.717, 1.165) is 24.3 Å². The molecule has 2 aliphatic rings. The van der Waals surface area contributed by atoms with Crippen molar-refractivity contribution in [2.45, 2.75) is 64.0 Å². The maximum atomic E-state index is 10.5. The van der Waals surface area contributed by atoms with Crippen LogP contribution in [0.4, 0.5) is 0 Å². The smallest absolute Gasteiger partial charge is 0.191 e. The normalized spacial score (nSPS) is 26.4. The van der Waals surface area contributed by atoms with Crippen LogP contribution in [0.15, 0.2) is 27.8 Å². The Morgan fingerprint density at radius 3 is 2.76 bits per heavy atom. The van der Waals surface area contributed by atoms with Crippen LogP contribution in [-0.4, -0.2) is 30.2 Å². The average molecular weight is 461 g/mol. The summed E-state index contributed by atoms with van der Waals surface area (Å²) in [7, 11) is 0. The molecule has 0 radical (unpaired) electrons. The van der Waals surface area contributed by atoms with E-state index >= 15 is 0 Å². The van der Waals surface area contributed by atoms with Gasteiger partial charge in [0.15, 0.2) is 5.96 Å². The maximum Gasteiger partial charge on any atom is 0.191 e. The molecule has 2 aliphatic carbocycles. The molecule has 0 aromatic carbocycles. The summed E-state index contributed by atoms with van der Waals surface area (Å²) < 4.78 is 5.32.